The number of likely N-dealkylation sites (tertiary alicyclic amines) is 1. The summed E-state index contributed by atoms with van der Waals surface area (Å²) in [5.41, 5.74) is 7.38. The summed E-state index contributed by atoms with van der Waals surface area (Å²) in [7, 11) is 1.68. The standard InChI is InChI=1S/C15H23ClN2O/c1-15(2)7-8-18(10-15)12(9-17)14-11(16)5-4-6-13(14)19-3/h4-6,12H,7-10,17H2,1-3H3. The normalized spacial score (nSPS) is 20.5. The first-order valence-corrected chi connectivity index (χ1v) is 7.13. The van der Waals surface area contributed by atoms with E-state index in [4.69, 9.17) is 22.1 Å². The molecule has 2 rings (SSSR count). The van der Waals surface area contributed by atoms with Crippen molar-refractivity contribution in [1.82, 2.24) is 4.90 Å². The van der Waals surface area contributed by atoms with Crippen molar-refractivity contribution in [2.45, 2.75) is 26.3 Å². The molecule has 1 aromatic carbocycles. The van der Waals surface area contributed by atoms with Gasteiger partial charge < -0.3 is 10.5 Å². The fourth-order valence-electron chi connectivity index (χ4n) is 2.89. The lowest BCUT2D eigenvalue weighted by molar-refractivity contribution is 0.219. The number of hydrogen-bond acceptors (Lipinski definition) is 3. The number of hydrogen-bond donors (Lipinski definition) is 1. The smallest absolute Gasteiger partial charge is 0.125 e. The zero-order valence-corrected chi connectivity index (χ0v) is 12.7. The first-order valence-electron chi connectivity index (χ1n) is 6.75. The maximum absolute atomic E-state index is 6.37. The number of benzene rings is 1. The summed E-state index contributed by atoms with van der Waals surface area (Å²) in [6.45, 7) is 7.25. The van der Waals surface area contributed by atoms with E-state index in [1.807, 2.05) is 18.2 Å². The first kappa shape index (κ1) is 14.6. The third-order valence-corrected chi connectivity index (χ3v) is 4.27. The molecule has 1 fully saturated rings. The van der Waals surface area contributed by atoms with Gasteiger partial charge in [-0.25, -0.2) is 0 Å². The quantitative estimate of drug-likeness (QED) is 0.922. The van der Waals surface area contributed by atoms with E-state index >= 15 is 0 Å². The predicted octanol–water partition coefficient (Wildman–Crippen LogP) is 3.08. The molecular formula is C15H23ClN2O. The lowest BCUT2D eigenvalue weighted by Gasteiger charge is -2.30. The molecule has 0 saturated carbocycles. The Morgan fingerprint density at radius 1 is 1.47 bits per heavy atom. The van der Waals surface area contributed by atoms with Gasteiger partial charge in [-0.1, -0.05) is 31.5 Å². The Morgan fingerprint density at radius 3 is 2.74 bits per heavy atom. The van der Waals surface area contributed by atoms with Crippen LogP contribution in [-0.4, -0.2) is 31.6 Å². The van der Waals surface area contributed by atoms with Gasteiger partial charge in [-0.05, 0) is 30.5 Å². The van der Waals surface area contributed by atoms with Crippen molar-refractivity contribution in [2.24, 2.45) is 11.1 Å². The van der Waals surface area contributed by atoms with Crippen LogP contribution in [0.25, 0.3) is 0 Å². The van der Waals surface area contributed by atoms with Gasteiger partial charge in [0.05, 0.1) is 13.2 Å². The molecule has 0 spiro atoms. The molecule has 1 saturated heterocycles. The summed E-state index contributed by atoms with van der Waals surface area (Å²) in [6.07, 6.45) is 1.19. The van der Waals surface area contributed by atoms with Crippen molar-refractivity contribution in [3.63, 3.8) is 0 Å². The fourth-order valence-corrected chi connectivity index (χ4v) is 3.18. The highest BCUT2D eigenvalue weighted by Crippen LogP contribution is 2.39. The highest BCUT2D eigenvalue weighted by molar-refractivity contribution is 6.31. The van der Waals surface area contributed by atoms with E-state index in [1.54, 1.807) is 7.11 Å². The average molecular weight is 283 g/mol. The van der Waals surface area contributed by atoms with Crippen LogP contribution in [0.5, 0.6) is 5.75 Å². The molecule has 0 aliphatic carbocycles. The fraction of sp³-hybridized carbons (Fsp3) is 0.600. The molecule has 3 nitrogen and oxygen atoms in total. The molecule has 1 unspecified atom stereocenters. The summed E-state index contributed by atoms with van der Waals surface area (Å²) in [5.74, 6) is 0.827. The lowest BCUT2D eigenvalue weighted by atomic mass is 9.93. The minimum atomic E-state index is 0.130. The van der Waals surface area contributed by atoms with Crippen LogP contribution in [0.1, 0.15) is 31.9 Å². The Labute approximate surface area is 120 Å². The number of nitrogens with zero attached hydrogens (tertiary/aromatic N) is 1. The molecule has 19 heavy (non-hydrogen) atoms. The van der Waals surface area contributed by atoms with E-state index in [1.165, 1.54) is 6.42 Å². The zero-order valence-electron chi connectivity index (χ0n) is 11.9. The molecule has 0 aromatic heterocycles. The summed E-state index contributed by atoms with van der Waals surface area (Å²) < 4.78 is 5.45. The van der Waals surface area contributed by atoms with E-state index < -0.39 is 0 Å². The minimum Gasteiger partial charge on any atom is -0.496 e. The lowest BCUT2D eigenvalue weighted by Crippen LogP contribution is -2.33. The molecule has 4 heteroatoms. The van der Waals surface area contributed by atoms with Crippen LogP contribution < -0.4 is 10.5 Å². The largest absolute Gasteiger partial charge is 0.496 e. The van der Waals surface area contributed by atoms with Gasteiger partial charge in [-0.15, -0.1) is 0 Å². The highest BCUT2D eigenvalue weighted by Gasteiger charge is 2.35. The van der Waals surface area contributed by atoms with Crippen molar-refractivity contribution in [1.29, 1.82) is 0 Å². The Bertz CT molecular complexity index is 448. The maximum Gasteiger partial charge on any atom is 0.125 e. The summed E-state index contributed by atoms with van der Waals surface area (Å²) >= 11 is 6.37. The van der Waals surface area contributed by atoms with Gasteiger partial charge >= 0.3 is 0 Å². The van der Waals surface area contributed by atoms with Crippen molar-refractivity contribution in [2.75, 3.05) is 26.7 Å². The Morgan fingerprint density at radius 2 is 2.21 bits per heavy atom. The second-order valence-corrected chi connectivity index (χ2v) is 6.40. The van der Waals surface area contributed by atoms with Gasteiger partial charge in [0.1, 0.15) is 5.75 Å². The third-order valence-electron chi connectivity index (χ3n) is 3.94. The van der Waals surface area contributed by atoms with Gasteiger partial charge in [0.2, 0.25) is 0 Å². The highest BCUT2D eigenvalue weighted by atomic mass is 35.5. The van der Waals surface area contributed by atoms with E-state index in [0.29, 0.717) is 12.0 Å². The molecule has 1 heterocycles. The van der Waals surface area contributed by atoms with E-state index in [0.717, 1.165) is 29.4 Å². The van der Waals surface area contributed by atoms with Crippen LogP contribution in [0.3, 0.4) is 0 Å². The SMILES string of the molecule is COc1cccc(Cl)c1C(CN)N1CCC(C)(C)C1. The monoisotopic (exact) mass is 282 g/mol. The molecule has 1 aliphatic heterocycles. The molecule has 106 valence electrons. The average Bonchev–Trinajstić information content (AvgIpc) is 2.72. The molecule has 0 radical (unpaired) electrons. The number of nitrogens with two attached hydrogens (primary N) is 1. The number of rotatable bonds is 4. The Kier molecular flexibility index (Phi) is 4.39. The zero-order chi connectivity index (χ0) is 14.0. The third kappa shape index (κ3) is 3.04. The second-order valence-electron chi connectivity index (χ2n) is 5.99. The Hall–Kier alpha value is -0.770. The summed E-state index contributed by atoms with van der Waals surface area (Å²) in [6, 6.07) is 5.89. The van der Waals surface area contributed by atoms with Crippen LogP contribution in [0.15, 0.2) is 18.2 Å². The molecule has 2 N–H and O–H groups in total. The van der Waals surface area contributed by atoms with Crippen LogP contribution >= 0.6 is 11.6 Å². The molecule has 1 atom stereocenters. The first-order chi connectivity index (χ1) is 8.98. The van der Waals surface area contributed by atoms with Gasteiger partial charge in [0.15, 0.2) is 0 Å². The van der Waals surface area contributed by atoms with E-state index in [9.17, 15) is 0 Å². The van der Waals surface area contributed by atoms with Crippen molar-refractivity contribution < 1.29 is 4.74 Å². The number of methoxy groups -OCH3 is 1. The van der Waals surface area contributed by atoms with Gasteiger partial charge in [0, 0.05) is 23.7 Å². The second kappa shape index (κ2) is 5.70. The van der Waals surface area contributed by atoms with Gasteiger partial charge in [-0.3, -0.25) is 4.90 Å². The van der Waals surface area contributed by atoms with Crippen molar-refractivity contribution in [3.05, 3.63) is 28.8 Å². The molecule has 0 amide bonds. The topological polar surface area (TPSA) is 38.5 Å². The molecule has 0 bridgehead atoms. The minimum absolute atomic E-state index is 0.130. The summed E-state index contributed by atoms with van der Waals surface area (Å²) in [4.78, 5) is 2.42. The predicted molar refractivity (Wildman–Crippen MR) is 79.8 cm³/mol. The van der Waals surface area contributed by atoms with Crippen LogP contribution in [0.4, 0.5) is 0 Å². The van der Waals surface area contributed by atoms with Gasteiger partial charge in [0.25, 0.3) is 0 Å². The molecule has 1 aliphatic rings. The van der Waals surface area contributed by atoms with E-state index in [-0.39, 0.29) is 6.04 Å². The molecule has 1 aromatic rings. The maximum atomic E-state index is 6.37. The van der Waals surface area contributed by atoms with Crippen LogP contribution in [0.2, 0.25) is 5.02 Å². The van der Waals surface area contributed by atoms with Crippen molar-refractivity contribution in [3.8, 4) is 5.75 Å². The van der Waals surface area contributed by atoms with E-state index in [2.05, 4.69) is 18.7 Å². The summed E-state index contributed by atoms with van der Waals surface area (Å²) in [5, 5.41) is 0.736. The van der Waals surface area contributed by atoms with Crippen LogP contribution in [-0.2, 0) is 0 Å². The number of halogens is 1. The van der Waals surface area contributed by atoms with Crippen LogP contribution in [0, 0.1) is 5.41 Å². The molecular weight excluding hydrogens is 260 g/mol. The number of ether oxygens (including phenoxy) is 1. The van der Waals surface area contributed by atoms with Gasteiger partial charge in [-0.2, -0.15) is 0 Å². The Balaban J connectivity index is 2.33. The van der Waals surface area contributed by atoms with Crippen molar-refractivity contribution >= 4 is 11.6 Å².